The van der Waals surface area contributed by atoms with Crippen molar-refractivity contribution in [2.45, 2.75) is 24.4 Å². The summed E-state index contributed by atoms with van der Waals surface area (Å²) in [5.41, 5.74) is 3.10. The third-order valence-electron chi connectivity index (χ3n) is 9.53. The second kappa shape index (κ2) is 13.5. The molecule has 2 atom stereocenters. The average Bonchev–Trinajstić information content (AvgIpc) is 3.49. The van der Waals surface area contributed by atoms with E-state index in [1.807, 2.05) is 84.7 Å². The van der Waals surface area contributed by atoms with E-state index in [1.54, 1.807) is 0 Å². The SMILES string of the molecule is CN1CC(Cc2c(F)cccc2F)CC(N(C(=O)c2ccc3n[nH]c(Br)c3c2)C(c2ccccc2)(c2ccccc2)c2ccccc2)C1. The van der Waals surface area contributed by atoms with Crippen LogP contribution in [0.1, 0.15) is 39.0 Å². The van der Waals surface area contributed by atoms with Gasteiger partial charge in [-0.2, -0.15) is 5.10 Å². The second-order valence-electron chi connectivity index (χ2n) is 12.6. The number of piperidine rings is 1. The zero-order valence-corrected chi connectivity index (χ0v) is 28.1. The van der Waals surface area contributed by atoms with Crippen LogP contribution in [0.4, 0.5) is 8.78 Å². The number of carbonyl (C=O) groups excluding carboxylic acids is 1. The van der Waals surface area contributed by atoms with Gasteiger partial charge in [-0.3, -0.25) is 9.89 Å². The highest BCUT2D eigenvalue weighted by molar-refractivity contribution is 9.10. The monoisotopic (exact) mass is 704 g/mol. The van der Waals surface area contributed by atoms with Gasteiger partial charge < -0.3 is 9.80 Å². The maximum absolute atomic E-state index is 15.5. The van der Waals surface area contributed by atoms with Gasteiger partial charge in [0.2, 0.25) is 0 Å². The number of nitrogens with zero attached hydrogens (tertiary/aromatic N) is 3. The summed E-state index contributed by atoms with van der Waals surface area (Å²) in [5, 5.41) is 8.12. The molecule has 5 nitrogen and oxygen atoms in total. The number of H-pyrrole nitrogens is 1. The predicted octanol–water partition coefficient (Wildman–Crippen LogP) is 8.60. The summed E-state index contributed by atoms with van der Waals surface area (Å²) in [6, 6.07) is 39.7. The van der Waals surface area contributed by atoms with E-state index in [2.05, 4.69) is 67.4 Å². The minimum absolute atomic E-state index is 0.0881. The first-order valence-electron chi connectivity index (χ1n) is 16.1. The Morgan fingerprint density at radius 3 is 1.96 bits per heavy atom. The molecule has 1 aliphatic heterocycles. The van der Waals surface area contributed by atoms with Gasteiger partial charge in [0.05, 0.1) is 5.52 Å². The number of amides is 1. The second-order valence-corrected chi connectivity index (χ2v) is 13.4. The van der Waals surface area contributed by atoms with Gasteiger partial charge in [-0.05, 0) is 88.8 Å². The van der Waals surface area contributed by atoms with Crippen LogP contribution < -0.4 is 0 Å². The fraction of sp³-hybridized carbons (Fsp3) is 0.200. The fourth-order valence-corrected chi connectivity index (χ4v) is 7.96. The molecular formula is C40H35BrF2N4O. The highest BCUT2D eigenvalue weighted by Crippen LogP contribution is 2.46. The molecule has 242 valence electrons. The zero-order chi connectivity index (χ0) is 33.3. The fourth-order valence-electron chi connectivity index (χ4n) is 7.56. The van der Waals surface area contributed by atoms with Crippen molar-refractivity contribution >= 4 is 32.7 Å². The number of halogens is 3. The van der Waals surface area contributed by atoms with Crippen LogP contribution in [0.5, 0.6) is 0 Å². The predicted molar refractivity (Wildman–Crippen MR) is 189 cm³/mol. The third kappa shape index (κ3) is 5.84. The number of aromatic amines is 1. The number of nitrogens with one attached hydrogen (secondary N) is 1. The first kappa shape index (κ1) is 31.9. The lowest BCUT2D eigenvalue weighted by Crippen LogP contribution is -2.60. The number of hydrogen-bond acceptors (Lipinski definition) is 3. The van der Waals surface area contributed by atoms with Crippen molar-refractivity contribution in [1.29, 1.82) is 0 Å². The van der Waals surface area contributed by atoms with Crippen LogP contribution in [-0.4, -0.2) is 52.1 Å². The summed E-state index contributed by atoms with van der Waals surface area (Å²) in [5.74, 6) is -1.35. The molecule has 48 heavy (non-hydrogen) atoms. The molecule has 6 aromatic rings. The molecule has 2 heterocycles. The van der Waals surface area contributed by atoms with Gasteiger partial charge in [0.25, 0.3) is 5.91 Å². The topological polar surface area (TPSA) is 52.2 Å². The Morgan fingerprint density at radius 1 is 0.833 bits per heavy atom. The van der Waals surface area contributed by atoms with E-state index in [9.17, 15) is 8.78 Å². The smallest absolute Gasteiger partial charge is 0.255 e. The normalized spacial score (nSPS) is 17.0. The quantitative estimate of drug-likeness (QED) is 0.162. The largest absolute Gasteiger partial charge is 0.316 e. The molecule has 1 fully saturated rings. The van der Waals surface area contributed by atoms with E-state index < -0.39 is 17.2 Å². The molecule has 1 N–H and O–H groups in total. The lowest BCUT2D eigenvalue weighted by atomic mass is 9.73. The number of benzene rings is 5. The van der Waals surface area contributed by atoms with Crippen LogP contribution >= 0.6 is 15.9 Å². The van der Waals surface area contributed by atoms with E-state index in [0.717, 1.165) is 27.6 Å². The molecule has 1 aromatic heterocycles. The zero-order valence-electron chi connectivity index (χ0n) is 26.5. The molecular weight excluding hydrogens is 670 g/mol. The Morgan fingerprint density at radius 2 is 1.40 bits per heavy atom. The Bertz CT molecular complexity index is 1920. The molecule has 1 saturated heterocycles. The Labute approximate surface area is 287 Å². The van der Waals surface area contributed by atoms with Crippen LogP contribution in [0.25, 0.3) is 10.9 Å². The van der Waals surface area contributed by atoms with Crippen LogP contribution in [0, 0.1) is 17.6 Å². The van der Waals surface area contributed by atoms with Crippen molar-refractivity contribution in [2.75, 3.05) is 20.1 Å². The molecule has 0 aliphatic carbocycles. The number of hydrogen-bond donors (Lipinski definition) is 1. The summed E-state index contributed by atoms with van der Waals surface area (Å²) in [7, 11) is 2.02. The van der Waals surface area contributed by atoms with E-state index in [-0.39, 0.29) is 29.9 Å². The van der Waals surface area contributed by atoms with E-state index in [4.69, 9.17) is 0 Å². The van der Waals surface area contributed by atoms with Gasteiger partial charge in [-0.1, -0.05) is 97.1 Å². The number of likely N-dealkylation sites (N-methyl/N-ethyl adjacent to an activating group) is 1. The minimum atomic E-state index is -1.06. The number of fused-ring (bicyclic) bond motifs is 1. The molecule has 0 spiro atoms. The highest BCUT2D eigenvalue weighted by Gasteiger charge is 2.49. The van der Waals surface area contributed by atoms with Crippen molar-refractivity contribution in [1.82, 2.24) is 20.0 Å². The van der Waals surface area contributed by atoms with Gasteiger partial charge >= 0.3 is 0 Å². The molecule has 0 bridgehead atoms. The Balaban J connectivity index is 1.47. The van der Waals surface area contributed by atoms with Crippen molar-refractivity contribution in [2.24, 2.45) is 5.92 Å². The summed E-state index contributed by atoms with van der Waals surface area (Å²) >= 11 is 3.56. The maximum atomic E-state index is 15.5. The standard InChI is InChI=1S/C40H35BrF2N4O/c1-46-25-27(23-33-35(42)18-11-19-36(33)43)22-32(26-46)47(39(48)28-20-21-37-34(24-28)38(41)45-44-37)40(29-12-5-2-6-13-29,30-14-7-3-8-15-30)31-16-9-4-10-17-31/h2-21,24,27,32H,22-23,25-26H2,1H3,(H,44,45). The summed E-state index contributed by atoms with van der Waals surface area (Å²) in [6.45, 7) is 1.23. The Kier molecular flexibility index (Phi) is 8.94. The van der Waals surface area contributed by atoms with Gasteiger partial charge in [-0.25, -0.2) is 8.78 Å². The molecule has 1 amide bonds. The van der Waals surface area contributed by atoms with Crippen molar-refractivity contribution in [3.05, 3.63) is 171 Å². The summed E-state index contributed by atoms with van der Waals surface area (Å²) < 4.78 is 30.6. The lowest BCUT2D eigenvalue weighted by Gasteiger charge is -2.52. The molecule has 7 rings (SSSR count). The summed E-state index contributed by atoms with van der Waals surface area (Å²) in [6.07, 6.45) is 0.778. The lowest BCUT2D eigenvalue weighted by molar-refractivity contribution is 0.0234. The molecule has 2 unspecified atom stereocenters. The van der Waals surface area contributed by atoms with E-state index in [1.165, 1.54) is 18.2 Å². The van der Waals surface area contributed by atoms with E-state index in [0.29, 0.717) is 29.7 Å². The average molecular weight is 706 g/mol. The van der Waals surface area contributed by atoms with Crippen LogP contribution in [0.3, 0.4) is 0 Å². The molecule has 5 aromatic carbocycles. The van der Waals surface area contributed by atoms with Crippen molar-refractivity contribution in [3.63, 3.8) is 0 Å². The highest BCUT2D eigenvalue weighted by atomic mass is 79.9. The first-order valence-corrected chi connectivity index (χ1v) is 16.9. The van der Waals surface area contributed by atoms with Gasteiger partial charge in [0.1, 0.15) is 21.8 Å². The number of carbonyl (C=O) groups is 1. The minimum Gasteiger partial charge on any atom is -0.316 e. The van der Waals surface area contributed by atoms with Crippen LogP contribution in [-0.2, 0) is 12.0 Å². The Hall–Kier alpha value is -4.66. The summed E-state index contributed by atoms with van der Waals surface area (Å²) in [4.78, 5) is 19.7. The molecule has 0 saturated carbocycles. The van der Waals surface area contributed by atoms with Crippen LogP contribution in [0.2, 0.25) is 0 Å². The van der Waals surface area contributed by atoms with Gasteiger partial charge in [0.15, 0.2) is 0 Å². The van der Waals surface area contributed by atoms with Gasteiger partial charge in [0, 0.05) is 35.6 Å². The van der Waals surface area contributed by atoms with Gasteiger partial charge in [-0.15, -0.1) is 0 Å². The van der Waals surface area contributed by atoms with Crippen LogP contribution in [0.15, 0.2) is 132 Å². The number of rotatable bonds is 8. The molecule has 0 radical (unpaired) electrons. The first-order chi connectivity index (χ1) is 23.4. The molecule has 1 aliphatic rings. The number of aromatic nitrogens is 2. The van der Waals surface area contributed by atoms with Crippen molar-refractivity contribution < 1.29 is 13.6 Å². The van der Waals surface area contributed by atoms with E-state index >= 15 is 4.79 Å². The van der Waals surface area contributed by atoms with Crippen molar-refractivity contribution in [3.8, 4) is 0 Å². The maximum Gasteiger partial charge on any atom is 0.255 e. The number of likely N-dealkylation sites (tertiary alicyclic amines) is 1. The molecule has 8 heteroatoms. The third-order valence-corrected chi connectivity index (χ3v) is 10.1.